The molecule has 0 radical (unpaired) electrons. The van der Waals surface area contributed by atoms with E-state index in [1.807, 2.05) is 11.6 Å². The van der Waals surface area contributed by atoms with Crippen molar-refractivity contribution in [1.82, 2.24) is 9.55 Å². The average Bonchev–Trinajstić information content (AvgIpc) is 2.88. The summed E-state index contributed by atoms with van der Waals surface area (Å²) in [4.78, 5) is 28.1. The van der Waals surface area contributed by atoms with E-state index in [-0.39, 0.29) is 11.5 Å². The smallest absolute Gasteiger partial charge is 0.329 e. The van der Waals surface area contributed by atoms with Crippen LogP contribution in [0.5, 0.6) is 0 Å². The van der Waals surface area contributed by atoms with Gasteiger partial charge in [-0.25, -0.2) is 9.78 Å². The summed E-state index contributed by atoms with van der Waals surface area (Å²) < 4.78 is 6.39. The SMILES string of the molecule is COC(=O)[C@H](SC)Sc1nc2ccsc2c(=O)n1C. The van der Waals surface area contributed by atoms with Crippen molar-refractivity contribution in [2.75, 3.05) is 13.4 Å². The molecular weight excluding hydrogens is 304 g/mol. The lowest BCUT2D eigenvalue weighted by atomic mass is 10.5. The van der Waals surface area contributed by atoms with E-state index in [0.717, 1.165) is 0 Å². The Kier molecular flexibility index (Phi) is 4.54. The third kappa shape index (κ3) is 2.80. The van der Waals surface area contributed by atoms with Gasteiger partial charge >= 0.3 is 5.97 Å². The molecule has 0 saturated carbocycles. The largest absolute Gasteiger partial charge is 0.468 e. The molecule has 1 atom stereocenters. The normalized spacial score (nSPS) is 12.6. The van der Waals surface area contributed by atoms with Crippen molar-refractivity contribution in [2.45, 2.75) is 9.74 Å². The molecule has 19 heavy (non-hydrogen) atoms. The second-order valence-electron chi connectivity index (χ2n) is 3.60. The molecule has 0 aliphatic heterocycles. The second kappa shape index (κ2) is 5.98. The Hall–Kier alpha value is -0.990. The maximum Gasteiger partial charge on any atom is 0.329 e. The van der Waals surface area contributed by atoms with Crippen LogP contribution in [-0.4, -0.2) is 33.5 Å². The summed E-state index contributed by atoms with van der Waals surface area (Å²) in [5, 5.41) is 2.35. The zero-order valence-electron chi connectivity index (χ0n) is 10.6. The molecule has 0 aliphatic rings. The first-order valence-corrected chi connectivity index (χ1v) is 8.34. The Balaban J connectivity index is 2.42. The Morgan fingerprint density at radius 1 is 1.58 bits per heavy atom. The van der Waals surface area contributed by atoms with Gasteiger partial charge in [0.1, 0.15) is 4.70 Å². The van der Waals surface area contributed by atoms with Crippen molar-refractivity contribution in [2.24, 2.45) is 7.05 Å². The molecule has 0 aromatic carbocycles. The van der Waals surface area contributed by atoms with Gasteiger partial charge in [0.2, 0.25) is 0 Å². The van der Waals surface area contributed by atoms with E-state index in [9.17, 15) is 9.59 Å². The third-order valence-electron chi connectivity index (χ3n) is 2.47. The Labute approximate surface area is 122 Å². The van der Waals surface area contributed by atoms with Gasteiger partial charge in [0.05, 0.1) is 12.6 Å². The van der Waals surface area contributed by atoms with Crippen molar-refractivity contribution in [3.63, 3.8) is 0 Å². The minimum Gasteiger partial charge on any atom is -0.468 e. The molecule has 8 heteroatoms. The van der Waals surface area contributed by atoms with Crippen LogP contribution in [0.25, 0.3) is 10.2 Å². The van der Waals surface area contributed by atoms with E-state index in [4.69, 9.17) is 4.74 Å². The lowest BCUT2D eigenvalue weighted by molar-refractivity contribution is -0.138. The van der Waals surface area contributed by atoms with Crippen molar-refractivity contribution in [3.05, 3.63) is 21.8 Å². The van der Waals surface area contributed by atoms with Crippen LogP contribution in [0.4, 0.5) is 0 Å². The molecule has 5 nitrogen and oxygen atoms in total. The number of ether oxygens (including phenoxy) is 1. The predicted molar refractivity (Wildman–Crippen MR) is 80.0 cm³/mol. The third-order valence-corrected chi connectivity index (χ3v) is 5.83. The summed E-state index contributed by atoms with van der Waals surface area (Å²) in [6, 6.07) is 1.80. The minimum absolute atomic E-state index is 0.0905. The van der Waals surface area contributed by atoms with Crippen LogP contribution < -0.4 is 5.56 Å². The fraction of sp³-hybridized carbons (Fsp3) is 0.364. The van der Waals surface area contributed by atoms with Crippen LogP contribution in [0.1, 0.15) is 0 Å². The molecule has 102 valence electrons. The summed E-state index contributed by atoms with van der Waals surface area (Å²) in [6.45, 7) is 0. The van der Waals surface area contributed by atoms with Gasteiger partial charge in [-0.15, -0.1) is 23.1 Å². The number of thioether (sulfide) groups is 2. The molecule has 0 unspecified atom stereocenters. The monoisotopic (exact) mass is 316 g/mol. The van der Waals surface area contributed by atoms with E-state index in [0.29, 0.717) is 15.4 Å². The number of esters is 1. The first kappa shape index (κ1) is 14.4. The highest BCUT2D eigenvalue weighted by Crippen LogP contribution is 2.29. The molecular formula is C11H12N2O3S3. The maximum atomic E-state index is 12.1. The van der Waals surface area contributed by atoms with E-state index in [2.05, 4.69) is 4.98 Å². The van der Waals surface area contributed by atoms with Gasteiger partial charge in [0, 0.05) is 7.05 Å². The molecule has 0 amide bonds. The number of aromatic nitrogens is 2. The van der Waals surface area contributed by atoms with Gasteiger partial charge in [-0.05, 0) is 17.7 Å². The lowest BCUT2D eigenvalue weighted by Gasteiger charge is -2.13. The molecule has 2 heterocycles. The molecule has 0 aliphatic carbocycles. The maximum absolute atomic E-state index is 12.1. The minimum atomic E-state index is -0.431. The molecule has 0 bridgehead atoms. The summed E-state index contributed by atoms with van der Waals surface area (Å²) in [6.07, 6.45) is 1.82. The molecule has 0 N–H and O–H groups in total. The zero-order chi connectivity index (χ0) is 14.0. The van der Waals surface area contributed by atoms with Gasteiger partial charge in [-0.2, -0.15) is 0 Å². The van der Waals surface area contributed by atoms with Gasteiger partial charge in [-0.1, -0.05) is 11.8 Å². The number of thiophene rings is 1. The van der Waals surface area contributed by atoms with E-state index < -0.39 is 4.58 Å². The number of nitrogens with zero attached hydrogens (tertiary/aromatic N) is 2. The van der Waals surface area contributed by atoms with Crippen LogP contribution in [0, 0.1) is 0 Å². The van der Waals surface area contributed by atoms with Crippen molar-refractivity contribution < 1.29 is 9.53 Å². The summed E-state index contributed by atoms with van der Waals surface area (Å²) >= 11 is 3.95. The first-order valence-electron chi connectivity index (χ1n) is 5.30. The molecule has 2 aromatic rings. The van der Waals surface area contributed by atoms with Crippen molar-refractivity contribution in [3.8, 4) is 0 Å². The fourth-order valence-electron chi connectivity index (χ4n) is 1.46. The van der Waals surface area contributed by atoms with Crippen molar-refractivity contribution in [1.29, 1.82) is 0 Å². The number of rotatable bonds is 4. The van der Waals surface area contributed by atoms with Gasteiger partial charge in [0.15, 0.2) is 9.74 Å². The van der Waals surface area contributed by atoms with Gasteiger partial charge in [0.25, 0.3) is 5.56 Å². The number of fused-ring (bicyclic) bond motifs is 1. The summed E-state index contributed by atoms with van der Waals surface area (Å²) in [5.41, 5.74) is 0.576. The quantitative estimate of drug-likeness (QED) is 0.372. The van der Waals surface area contributed by atoms with Crippen LogP contribution in [0.3, 0.4) is 0 Å². The standard InChI is InChI=1S/C11H12N2O3S3/c1-13-8(14)7-6(4-5-18-7)12-11(13)19-10(17-3)9(15)16-2/h4-5,10H,1-3H3/t10-/m1/s1. The molecule has 2 rings (SSSR count). The number of hydrogen-bond acceptors (Lipinski definition) is 7. The molecule has 2 aromatic heterocycles. The summed E-state index contributed by atoms with van der Waals surface area (Å²) in [7, 11) is 3.01. The predicted octanol–water partition coefficient (Wildman–Crippen LogP) is 1.95. The van der Waals surface area contributed by atoms with Crippen LogP contribution >= 0.6 is 34.9 Å². The van der Waals surface area contributed by atoms with Gasteiger partial charge < -0.3 is 4.74 Å². The highest BCUT2D eigenvalue weighted by Gasteiger charge is 2.22. The highest BCUT2D eigenvalue weighted by atomic mass is 32.2. The van der Waals surface area contributed by atoms with Crippen LogP contribution in [0.15, 0.2) is 21.4 Å². The molecule has 0 saturated heterocycles. The Morgan fingerprint density at radius 3 is 2.95 bits per heavy atom. The van der Waals surface area contributed by atoms with E-state index in [1.54, 1.807) is 13.1 Å². The highest BCUT2D eigenvalue weighted by molar-refractivity contribution is 8.17. The molecule has 0 fully saturated rings. The van der Waals surface area contributed by atoms with Crippen LogP contribution in [-0.2, 0) is 16.6 Å². The number of methoxy groups -OCH3 is 1. The van der Waals surface area contributed by atoms with Crippen molar-refractivity contribution >= 4 is 51.0 Å². The number of carbonyl (C=O) groups is 1. The van der Waals surface area contributed by atoms with Gasteiger partial charge in [-0.3, -0.25) is 9.36 Å². The Bertz CT molecular complexity index is 665. The first-order chi connectivity index (χ1) is 9.08. The van der Waals surface area contributed by atoms with E-state index in [1.165, 1.54) is 46.5 Å². The fourth-order valence-corrected chi connectivity index (χ4v) is 3.97. The average molecular weight is 316 g/mol. The lowest BCUT2D eigenvalue weighted by Crippen LogP contribution is -2.22. The molecule has 0 spiro atoms. The topological polar surface area (TPSA) is 61.2 Å². The Morgan fingerprint density at radius 2 is 2.32 bits per heavy atom. The number of hydrogen-bond donors (Lipinski definition) is 0. The zero-order valence-corrected chi connectivity index (χ0v) is 13.0. The summed E-state index contributed by atoms with van der Waals surface area (Å²) in [5.74, 6) is -0.336. The van der Waals surface area contributed by atoms with E-state index >= 15 is 0 Å². The number of carbonyl (C=O) groups excluding carboxylic acids is 1. The van der Waals surface area contributed by atoms with Crippen LogP contribution in [0.2, 0.25) is 0 Å². The second-order valence-corrected chi connectivity index (χ2v) is 6.83.